The van der Waals surface area contributed by atoms with Crippen LogP contribution < -0.4 is 5.46 Å². The van der Waals surface area contributed by atoms with Gasteiger partial charge >= 0.3 is 7.12 Å². The van der Waals surface area contributed by atoms with Crippen LogP contribution in [0.3, 0.4) is 0 Å². The standard InChI is InChI=1S/C12H18BNO2/c1-9-6-7-10(8-14-9)13-15-11(2,3)12(4,5)16-13/h6-8H,1-5H3/i1D2. The Balaban J connectivity index is 2.19. The Kier molecular flexibility index (Phi) is 2.05. The van der Waals surface area contributed by atoms with Crippen LogP contribution in [0.25, 0.3) is 0 Å². The first-order valence-electron chi connectivity index (χ1n) is 6.54. The molecule has 1 aliphatic rings. The van der Waals surface area contributed by atoms with Crippen molar-refractivity contribution < 1.29 is 12.1 Å². The first-order valence-corrected chi connectivity index (χ1v) is 5.39. The van der Waals surface area contributed by atoms with E-state index in [1.807, 2.05) is 27.7 Å². The highest BCUT2D eigenvalue weighted by atomic mass is 16.7. The largest absolute Gasteiger partial charge is 0.496 e. The maximum absolute atomic E-state index is 7.27. The second-order valence-electron chi connectivity index (χ2n) is 5.10. The van der Waals surface area contributed by atoms with Crippen LogP contribution in [-0.4, -0.2) is 23.3 Å². The summed E-state index contributed by atoms with van der Waals surface area (Å²) in [4.78, 5) is 4.08. The molecule has 0 radical (unpaired) electrons. The highest BCUT2D eigenvalue weighted by Gasteiger charge is 2.51. The van der Waals surface area contributed by atoms with Gasteiger partial charge in [-0.2, -0.15) is 0 Å². The molecule has 0 bridgehead atoms. The molecule has 0 amide bonds. The summed E-state index contributed by atoms with van der Waals surface area (Å²) in [6, 6.07) is 3.48. The third kappa shape index (κ3) is 1.87. The predicted octanol–water partition coefficient (Wildman–Crippen LogP) is 1.69. The highest BCUT2D eigenvalue weighted by Crippen LogP contribution is 2.36. The topological polar surface area (TPSA) is 31.4 Å². The van der Waals surface area contributed by atoms with Crippen molar-refractivity contribution in [3.8, 4) is 0 Å². The molecule has 86 valence electrons. The van der Waals surface area contributed by atoms with E-state index in [9.17, 15) is 0 Å². The summed E-state index contributed by atoms with van der Waals surface area (Å²) in [5.41, 5.74) is 0.501. The van der Waals surface area contributed by atoms with E-state index in [4.69, 9.17) is 12.1 Å². The molecule has 0 aliphatic carbocycles. The molecule has 0 atom stereocenters. The van der Waals surface area contributed by atoms with E-state index < -0.39 is 14.0 Å². The van der Waals surface area contributed by atoms with Crippen LogP contribution in [-0.2, 0) is 9.31 Å². The second-order valence-corrected chi connectivity index (χ2v) is 5.10. The number of aromatic nitrogens is 1. The van der Waals surface area contributed by atoms with Crippen molar-refractivity contribution in [1.29, 1.82) is 0 Å². The highest BCUT2D eigenvalue weighted by molar-refractivity contribution is 6.62. The van der Waals surface area contributed by atoms with Crippen molar-refractivity contribution in [1.82, 2.24) is 4.98 Å². The molecule has 2 heterocycles. The molecule has 1 aliphatic heterocycles. The number of hydrogen-bond acceptors (Lipinski definition) is 3. The van der Waals surface area contributed by atoms with Gasteiger partial charge in [-0.05, 0) is 40.6 Å². The number of aryl methyl sites for hydroxylation is 1. The second kappa shape index (κ2) is 3.57. The summed E-state index contributed by atoms with van der Waals surface area (Å²) < 4.78 is 26.3. The third-order valence-electron chi connectivity index (χ3n) is 3.33. The van der Waals surface area contributed by atoms with Gasteiger partial charge in [0.1, 0.15) is 0 Å². The Morgan fingerprint density at radius 2 is 1.81 bits per heavy atom. The molecule has 0 saturated carbocycles. The van der Waals surface area contributed by atoms with Crippen LogP contribution in [0.15, 0.2) is 18.3 Å². The summed E-state index contributed by atoms with van der Waals surface area (Å²) in [6.07, 6.45) is 1.62. The van der Waals surface area contributed by atoms with E-state index in [0.29, 0.717) is 5.69 Å². The van der Waals surface area contributed by atoms with Gasteiger partial charge in [0.25, 0.3) is 0 Å². The first-order chi connectivity index (χ1) is 8.23. The molecule has 0 spiro atoms. The van der Waals surface area contributed by atoms with E-state index in [1.54, 1.807) is 18.3 Å². The molecule has 1 saturated heterocycles. The van der Waals surface area contributed by atoms with Gasteiger partial charge in [0.15, 0.2) is 0 Å². The third-order valence-corrected chi connectivity index (χ3v) is 3.33. The molecule has 0 unspecified atom stereocenters. The molecular weight excluding hydrogens is 201 g/mol. The minimum atomic E-state index is -1.06. The molecule has 1 fully saturated rings. The Morgan fingerprint density at radius 3 is 2.25 bits per heavy atom. The lowest BCUT2D eigenvalue weighted by Gasteiger charge is -2.32. The fourth-order valence-corrected chi connectivity index (χ4v) is 1.54. The summed E-state index contributed by atoms with van der Waals surface area (Å²) in [6.45, 7) is 6.94. The number of pyridine rings is 1. The van der Waals surface area contributed by atoms with Gasteiger partial charge in [0.2, 0.25) is 0 Å². The molecule has 2 rings (SSSR count). The average molecular weight is 221 g/mol. The first kappa shape index (κ1) is 9.19. The number of nitrogens with zero attached hydrogens (tertiary/aromatic N) is 1. The Hall–Kier alpha value is -0.865. The molecule has 16 heavy (non-hydrogen) atoms. The monoisotopic (exact) mass is 221 g/mol. The number of hydrogen-bond donors (Lipinski definition) is 0. The maximum Gasteiger partial charge on any atom is 0.496 e. The fourth-order valence-electron chi connectivity index (χ4n) is 1.54. The molecule has 0 N–H and O–H groups in total. The summed E-state index contributed by atoms with van der Waals surface area (Å²) >= 11 is 0. The quantitative estimate of drug-likeness (QED) is 0.676. The van der Waals surface area contributed by atoms with Gasteiger partial charge in [0.05, 0.1) is 11.2 Å². The zero-order chi connectivity index (χ0) is 13.6. The van der Waals surface area contributed by atoms with Crippen molar-refractivity contribution in [2.75, 3.05) is 0 Å². The van der Waals surface area contributed by atoms with Gasteiger partial charge in [0, 0.05) is 20.1 Å². The van der Waals surface area contributed by atoms with E-state index in [2.05, 4.69) is 4.98 Å². The zero-order valence-electron chi connectivity index (χ0n) is 12.2. The van der Waals surface area contributed by atoms with E-state index in [1.165, 1.54) is 0 Å². The van der Waals surface area contributed by atoms with E-state index in [0.717, 1.165) is 5.46 Å². The number of rotatable bonds is 1. The van der Waals surface area contributed by atoms with Gasteiger partial charge < -0.3 is 9.31 Å². The van der Waals surface area contributed by atoms with Gasteiger partial charge in [-0.3, -0.25) is 4.98 Å². The minimum Gasteiger partial charge on any atom is -0.399 e. The molecule has 4 heteroatoms. The molecule has 1 aromatic rings. The lowest BCUT2D eigenvalue weighted by Crippen LogP contribution is -2.41. The summed E-state index contributed by atoms with van der Waals surface area (Å²) in [5, 5.41) is 0. The van der Waals surface area contributed by atoms with Crippen LogP contribution >= 0.6 is 0 Å². The molecule has 1 aromatic heterocycles. The normalized spacial score (nSPS) is 24.4. The van der Waals surface area contributed by atoms with Crippen LogP contribution in [0.5, 0.6) is 0 Å². The van der Waals surface area contributed by atoms with Gasteiger partial charge in [-0.25, -0.2) is 0 Å². The summed E-state index contributed by atoms with van der Waals surface area (Å²) in [7, 11) is -0.438. The van der Waals surface area contributed by atoms with Crippen LogP contribution in [0.1, 0.15) is 36.1 Å². The van der Waals surface area contributed by atoms with Crippen molar-refractivity contribution >= 4 is 12.6 Å². The molecular formula is C12H18BNO2. The lowest BCUT2D eigenvalue weighted by atomic mass is 9.80. The Morgan fingerprint density at radius 1 is 1.19 bits per heavy atom. The predicted molar refractivity (Wildman–Crippen MR) is 64.7 cm³/mol. The minimum absolute atomic E-state index is 0.371. The lowest BCUT2D eigenvalue weighted by molar-refractivity contribution is 0.00578. The smallest absolute Gasteiger partial charge is 0.399 e. The fraction of sp³-hybridized carbons (Fsp3) is 0.583. The van der Waals surface area contributed by atoms with Crippen LogP contribution in [0.4, 0.5) is 0 Å². The maximum atomic E-state index is 7.27. The average Bonchev–Trinajstić information content (AvgIpc) is 2.48. The van der Waals surface area contributed by atoms with Crippen LogP contribution in [0, 0.1) is 6.88 Å². The molecule has 0 aromatic carbocycles. The Labute approximate surface area is 100 Å². The van der Waals surface area contributed by atoms with Gasteiger partial charge in [-0.1, -0.05) is 6.07 Å². The van der Waals surface area contributed by atoms with E-state index in [-0.39, 0.29) is 11.2 Å². The summed E-state index contributed by atoms with van der Waals surface area (Å²) in [5.74, 6) is 0. The Bertz CT molecular complexity index is 418. The van der Waals surface area contributed by atoms with Crippen molar-refractivity contribution in [2.45, 2.75) is 45.8 Å². The SMILES string of the molecule is [2H]C([2H])c1ccc(B2OC(C)(C)C(C)(C)O2)cn1. The van der Waals surface area contributed by atoms with E-state index >= 15 is 0 Å². The van der Waals surface area contributed by atoms with Crippen molar-refractivity contribution in [3.63, 3.8) is 0 Å². The van der Waals surface area contributed by atoms with Crippen molar-refractivity contribution in [3.05, 3.63) is 24.0 Å². The van der Waals surface area contributed by atoms with Crippen molar-refractivity contribution in [2.24, 2.45) is 0 Å². The zero-order valence-corrected chi connectivity index (χ0v) is 10.2. The molecule has 3 nitrogen and oxygen atoms in total. The van der Waals surface area contributed by atoms with Gasteiger partial charge in [-0.15, -0.1) is 0 Å². The van der Waals surface area contributed by atoms with Crippen LogP contribution in [0.2, 0.25) is 0 Å².